The number of amides is 1. The quantitative estimate of drug-likeness (QED) is 0.843. The van der Waals surface area contributed by atoms with E-state index >= 15 is 0 Å². The Morgan fingerprint density at radius 1 is 1.28 bits per heavy atom. The van der Waals surface area contributed by atoms with Gasteiger partial charge in [0.05, 0.1) is 18.0 Å². The van der Waals surface area contributed by atoms with Crippen LogP contribution in [0, 0.1) is 0 Å². The zero-order valence-electron chi connectivity index (χ0n) is 14.8. The summed E-state index contributed by atoms with van der Waals surface area (Å²) in [7, 11) is 0.877. The van der Waals surface area contributed by atoms with Gasteiger partial charge in [0.2, 0.25) is 0 Å². The number of hydrogen-bond acceptors (Lipinski definition) is 4. The van der Waals surface area contributed by atoms with Crippen molar-refractivity contribution in [1.29, 1.82) is 0 Å². The molecule has 0 aliphatic carbocycles. The monoisotopic (exact) mass is 361 g/mol. The van der Waals surface area contributed by atoms with E-state index < -0.39 is 10.8 Å². The lowest BCUT2D eigenvalue weighted by Gasteiger charge is -2.23. The Morgan fingerprint density at radius 2 is 2.04 bits per heavy atom. The highest BCUT2D eigenvalue weighted by Gasteiger charge is 2.32. The van der Waals surface area contributed by atoms with Crippen molar-refractivity contribution in [1.82, 2.24) is 14.7 Å². The van der Waals surface area contributed by atoms with Crippen molar-refractivity contribution in [3.8, 4) is 11.5 Å². The summed E-state index contributed by atoms with van der Waals surface area (Å²) in [5.74, 6) is 1.50. The second kappa shape index (κ2) is 7.00. The van der Waals surface area contributed by atoms with Gasteiger partial charge >= 0.3 is 0 Å². The maximum atomic E-state index is 13.0. The molecule has 1 aromatic carbocycles. The number of rotatable bonds is 3. The van der Waals surface area contributed by atoms with Crippen molar-refractivity contribution in [2.75, 3.05) is 18.8 Å². The number of aryl methyl sites for hydroxylation is 1. The maximum absolute atomic E-state index is 13.0. The summed E-state index contributed by atoms with van der Waals surface area (Å²) >= 11 is 0. The summed E-state index contributed by atoms with van der Waals surface area (Å²) in [5, 5.41) is 4.08. The van der Waals surface area contributed by atoms with Gasteiger partial charge in [-0.3, -0.25) is 13.7 Å². The molecule has 2 aromatic rings. The van der Waals surface area contributed by atoms with Crippen LogP contribution in [0.4, 0.5) is 0 Å². The highest BCUT2D eigenvalue weighted by atomic mass is 32.2. The van der Waals surface area contributed by atoms with Gasteiger partial charge in [-0.25, -0.2) is 0 Å². The van der Waals surface area contributed by atoms with Crippen molar-refractivity contribution < 1.29 is 13.7 Å². The largest absolute Gasteiger partial charge is 0.453 e. The fourth-order valence-electron chi connectivity index (χ4n) is 2.78. The number of aromatic nitrogens is 2. The van der Waals surface area contributed by atoms with E-state index in [1.807, 2.05) is 33.0 Å². The predicted molar refractivity (Wildman–Crippen MR) is 97.3 cm³/mol. The van der Waals surface area contributed by atoms with Crippen LogP contribution in [0.3, 0.4) is 0 Å². The number of nitrogens with zero attached hydrogens (tertiary/aromatic N) is 3. The van der Waals surface area contributed by atoms with Crippen molar-refractivity contribution in [3.05, 3.63) is 42.2 Å². The molecular weight excluding hydrogens is 338 g/mol. The van der Waals surface area contributed by atoms with E-state index in [1.54, 1.807) is 34.1 Å². The predicted octanol–water partition coefficient (Wildman–Crippen LogP) is 2.59. The van der Waals surface area contributed by atoms with Gasteiger partial charge in [-0.15, -0.1) is 0 Å². The molecule has 6 nitrogen and oxygen atoms in total. The van der Waals surface area contributed by atoms with E-state index in [2.05, 4.69) is 5.10 Å². The normalized spacial score (nSPS) is 20.1. The topological polar surface area (TPSA) is 64.4 Å². The van der Waals surface area contributed by atoms with Gasteiger partial charge in [-0.1, -0.05) is 12.1 Å². The number of carbonyl (C=O) groups is 1. The van der Waals surface area contributed by atoms with Crippen molar-refractivity contribution in [2.45, 2.75) is 25.0 Å². The lowest BCUT2D eigenvalue weighted by atomic mass is 10.1. The van der Waals surface area contributed by atoms with E-state index in [-0.39, 0.29) is 10.7 Å². The van der Waals surface area contributed by atoms with Crippen molar-refractivity contribution >= 4 is 16.7 Å². The average Bonchev–Trinajstić information content (AvgIpc) is 2.93. The molecule has 3 rings (SSSR count). The van der Waals surface area contributed by atoms with Gasteiger partial charge in [0, 0.05) is 41.4 Å². The lowest BCUT2D eigenvalue weighted by Crippen LogP contribution is -2.33. The first kappa shape index (κ1) is 17.7. The van der Waals surface area contributed by atoms with E-state index in [0.717, 1.165) is 6.42 Å². The summed E-state index contributed by atoms with van der Waals surface area (Å²) in [5.41, 5.74) is 0.511. The highest BCUT2D eigenvalue weighted by molar-refractivity contribution is 7.86. The first-order chi connectivity index (χ1) is 11.9. The Hall–Kier alpha value is -2.15. The molecule has 1 aromatic heterocycles. The third-order valence-electron chi connectivity index (χ3n) is 4.46. The molecule has 0 spiro atoms. The number of carbonyl (C=O) groups excluding carboxylic acids is 1. The van der Waals surface area contributed by atoms with E-state index in [9.17, 15) is 9.00 Å². The average molecular weight is 361 g/mol. The van der Waals surface area contributed by atoms with Crippen molar-refractivity contribution in [3.63, 3.8) is 0 Å². The SMILES string of the molecule is Cn1cc(Oc2ccccc2C(=O)N2CCS(=O)C(C)(C)CC2)cn1. The zero-order valence-corrected chi connectivity index (χ0v) is 15.6. The molecule has 1 fully saturated rings. The molecule has 25 heavy (non-hydrogen) atoms. The van der Waals surface area contributed by atoms with Crippen LogP contribution < -0.4 is 4.74 Å². The Labute approximate surface area is 150 Å². The summed E-state index contributed by atoms with van der Waals surface area (Å²) < 4.78 is 19.5. The number of benzene rings is 1. The first-order valence-corrected chi connectivity index (χ1v) is 9.62. The number of para-hydroxylation sites is 1. The zero-order chi connectivity index (χ0) is 18.0. The minimum Gasteiger partial charge on any atom is -0.453 e. The maximum Gasteiger partial charge on any atom is 0.257 e. The number of ether oxygens (including phenoxy) is 1. The molecule has 134 valence electrons. The fourth-order valence-corrected chi connectivity index (χ4v) is 4.04. The minimum atomic E-state index is -0.932. The Bertz CT molecular complexity index is 800. The van der Waals surface area contributed by atoms with Gasteiger partial charge in [-0.2, -0.15) is 5.10 Å². The molecule has 7 heteroatoms. The second-order valence-corrected chi connectivity index (χ2v) is 9.00. The van der Waals surface area contributed by atoms with Crippen LogP contribution in [-0.4, -0.2) is 48.4 Å². The van der Waals surface area contributed by atoms with E-state index in [0.29, 0.717) is 35.9 Å². The third kappa shape index (κ3) is 3.92. The molecule has 1 atom stereocenters. The molecule has 0 bridgehead atoms. The van der Waals surface area contributed by atoms with Crippen LogP contribution in [0.15, 0.2) is 36.7 Å². The molecule has 1 aliphatic heterocycles. The van der Waals surface area contributed by atoms with Crippen LogP contribution in [-0.2, 0) is 17.8 Å². The van der Waals surface area contributed by atoms with Crippen LogP contribution in [0.1, 0.15) is 30.6 Å². The van der Waals surface area contributed by atoms with Crippen LogP contribution >= 0.6 is 0 Å². The Balaban J connectivity index is 1.81. The molecular formula is C18H23N3O3S. The Kier molecular flexibility index (Phi) is 4.94. The van der Waals surface area contributed by atoms with Crippen LogP contribution in [0.2, 0.25) is 0 Å². The molecule has 0 saturated carbocycles. The van der Waals surface area contributed by atoms with Gasteiger partial charge in [0.25, 0.3) is 5.91 Å². The van der Waals surface area contributed by atoms with E-state index in [4.69, 9.17) is 4.74 Å². The third-order valence-corrected chi connectivity index (χ3v) is 6.45. The fraction of sp³-hybridized carbons (Fsp3) is 0.444. The number of hydrogen-bond donors (Lipinski definition) is 0. The molecule has 0 N–H and O–H groups in total. The van der Waals surface area contributed by atoms with Gasteiger partial charge < -0.3 is 9.64 Å². The molecule has 1 amide bonds. The van der Waals surface area contributed by atoms with Gasteiger partial charge in [-0.05, 0) is 32.4 Å². The molecule has 1 unspecified atom stereocenters. The highest BCUT2D eigenvalue weighted by Crippen LogP contribution is 2.28. The standard InChI is InChI=1S/C18H23N3O3S/c1-18(2)8-9-21(10-11-25(18)23)17(22)15-6-4-5-7-16(15)24-14-12-19-20(3)13-14/h4-7,12-13H,8-11H2,1-3H3. The molecule has 1 saturated heterocycles. The molecule has 0 radical (unpaired) electrons. The first-order valence-electron chi connectivity index (χ1n) is 8.30. The summed E-state index contributed by atoms with van der Waals surface area (Å²) in [6.45, 7) is 5.09. The van der Waals surface area contributed by atoms with Gasteiger partial charge in [0.1, 0.15) is 5.75 Å². The smallest absolute Gasteiger partial charge is 0.257 e. The van der Waals surface area contributed by atoms with E-state index in [1.165, 1.54) is 0 Å². The van der Waals surface area contributed by atoms with Crippen molar-refractivity contribution in [2.24, 2.45) is 7.05 Å². The molecule has 1 aliphatic rings. The molecule has 2 heterocycles. The Morgan fingerprint density at radius 3 is 2.76 bits per heavy atom. The lowest BCUT2D eigenvalue weighted by molar-refractivity contribution is 0.0762. The van der Waals surface area contributed by atoms with Gasteiger partial charge in [0.15, 0.2) is 5.75 Å². The summed E-state index contributed by atoms with van der Waals surface area (Å²) in [6.07, 6.45) is 4.08. The van der Waals surface area contributed by atoms with Crippen LogP contribution in [0.25, 0.3) is 0 Å². The minimum absolute atomic E-state index is 0.0887. The van der Waals surface area contributed by atoms with Crippen LogP contribution in [0.5, 0.6) is 11.5 Å². The second-order valence-electron chi connectivity index (χ2n) is 6.80. The summed E-state index contributed by atoms with van der Waals surface area (Å²) in [4.78, 5) is 14.8. The summed E-state index contributed by atoms with van der Waals surface area (Å²) in [6, 6.07) is 7.20.